The van der Waals surface area contributed by atoms with Crippen molar-refractivity contribution < 1.29 is 9.47 Å². The molecule has 0 bridgehead atoms. The molecule has 0 amide bonds. The monoisotopic (exact) mass is 425 g/mol. The number of rotatable bonds is 7. The highest BCUT2D eigenvalue weighted by atomic mass is 16.5. The van der Waals surface area contributed by atoms with E-state index in [9.17, 15) is 0 Å². The summed E-state index contributed by atoms with van der Waals surface area (Å²) in [4.78, 5) is 4.54. The minimum absolute atomic E-state index is 0.328. The molecule has 1 aliphatic carbocycles. The molecule has 5 rings (SSSR count). The zero-order valence-electron chi connectivity index (χ0n) is 18.8. The minimum atomic E-state index is 0.328. The van der Waals surface area contributed by atoms with Crippen molar-refractivity contribution in [1.29, 1.82) is 0 Å². The summed E-state index contributed by atoms with van der Waals surface area (Å²) in [5.41, 5.74) is 6.88. The van der Waals surface area contributed by atoms with Crippen LogP contribution in [0.3, 0.4) is 0 Å². The number of nitrogens with zero attached hydrogens (tertiary/aromatic N) is 1. The molecule has 1 aliphatic heterocycles. The number of ether oxygens (including phenoxy) is 2. The average Bonchev–Trinajstić information content (AvgIpc) is 3.37. The van der Waals surface area contributed by atoms with Crippen LogP contribution in [0.25, 0.3) is 0 Å². The Kier molecular flexibility index (Phi) is 6.24. The van der Waals surface area contributed by atoms with Gasteiger partial charge in [-0.2, -0.15) is 0 Å². The Labute approximate surface area is 191 Å². The zero-order chi connectivity index (χ0) is 21.8. The van der Waals surface area contributed by atoms with Crippen LogP contribution >= 0.6 is 0 Å². The number of hydrogen-bond donors (Lipinski definition) is 0. The van der Waals surface area contributed by atoms with Crippen molar-refractivity contribution in [2.75, 3.05) is 20.3 Å². The smallest absolute Gasteiger partial charge is 0.119 e. The second-order valence-electron chi connectivity index (χ2n) is 8.82. The fourth-order valence-corrected chi connectivity index (χ4v) is 5.26. The predicted octanol–water partition coefficient (Wildman–Crippen LogP) is 6.56. The van der Waals surface area contributed by atoms with E-state index in [1.54, 1.807) is 7.11 Å². The summed E-state index contributed by atoms with van der Waals surface area (Å²) in [6, 6.07) is 26.3. The lowest BCUT2D eigenvalue weighted by Crippen LogP contribution is -2.20. The van der Waals surface area contributed by atoms with Gasteiger partial charge in [-0.05, 0) is 78.1 Å². The fourth-order valence-electron chi connectivity index (χ4n) is 5.26. The van der Waals surface area contributed by atoms with Crippen molar-refractivity contribution in [1.82, 2.24) is 0 Å². The average molecular weight is 426 g/mol. The van der Waals surface area contributed by atoms with Crippen molar-refractivity contribution >= 4 is 5.71 Å². The summed E-state index contributed by atoms with van der Waals surface area (Å²) in [6.45, 7) is 1.69. The van der Waals surface area contributed by atoms with Gasteiger partial charge in [-0.25, -0.2) is 0 Å². The van der Waals surface area contributed by atoms with Crippen LogP contribution in [-0.4, -0.2) is 26.0 Å². The molecule has 3 heteroatoms. The van der Waals surface area contributed by atoms with Gasteiger partial charge in [0.05, 0.1) is 13.7 Å². The molecule has 0 aromatic heterocycles. The molecular formula is C29H31NO2. The standard InChI is InChI=1S/C29H31NO2/c1-31-26-14-16-28-23(20-26)11-15-27(21-6-3-2-4-7-21)29(28)22-9-12-25(13-10-22)32-19-17-24-8-5-18-30-24/h2-4,6-7,9-10,12-14,16,20,27,29H,5,8,11,15,17-19H2,1H3/t27-,29+/m1/s1. The van der Waals surface area contributed by atoms with E-state index < -0.39 is 0 Å². The Morgan fingerprint density at radius 1 is 0.875 bits per heavy atom. The largest absolute Gasteiger partial charge is 0.497 e. The summed E-state index contributed by atoms with van der Waals surface area (Å²) in [5, 5.41) is 0. The highest BCUT2D eigenvalue weighted by molar-refractivity contribution is 5.85. The number of methoxy groups -OCH3 is 1. The molecule has 2 atom stereocenters. The lowest BCUT2D eigenvalue weighted by atomic mass is 9.69. The highest BCUT2D eigenvalue weighted by Crippen LogP contribution is 2.47. The van der Waals surface area contributed by atoms with Gasteiger partial charge in [-0.15, -0.1) is 0 Å². The van der Waals surface area contributed by atoms with Gasteiger partial charge in [0.2, 0.25) is 0 Å². The fraction of sp³-hybridized carbons (Fsp3) is 0.345. The summed E-state index contributed by atoms with van der Waals surface area (Å²) >= 11 is 0. The Morgan fingerprint density at radius 3 is 2.44 bits per heavy atom. The van der Waals surface area contributed by atoms with E-state index in [4.69, 9.17) is 9.47 Å². The molecule has 3 nitrogen and oxygen atoms in total. The van der Waals surface area contributed by atoms with Crippen molar-refractivity contribution in [2.24, 2.45) is 4.99 Å². The van der Waals surface area contributed by atoms with Gasteiger partial charge in [0.1, 0.15) is 11.5 Å². The molecule has 0 radical (unpaired) electrons. The molecule has 0 saturated heterocycles. The van der Waals surface area contributed by atoms with Gasteiger partial charge in [-0.3, -0.25) is 4.99 Å². The maximum Gasteiger partial charge on any atom is 0.119 e. The first-order chi connectivity index (χ1) is 15.8. The zero-order valence-corrected chi connectivity index (χ0v) is 18.8. The molecule has 0 saturated carbocycles. The molecule has 32 heavy (non-hydrogen) atoms. The molecule has 164 valence electrons. The SMILES string of the molecule is COc1ccc2c(c1)CC[C@H](c1ccccc1)[C@@H]2c1ccc(OCCC2=NCCC2)cc1. The van der Waals surface area contributed by atoms with E-state index in [0.29, 0.717) is 18.4 Å². The predicted molar refractivity (Wildman–Crippen MR) is 130 cm³/mol. The van der Waals surface area contributed by atoms with E-state index in [1.165, 1.54) is 34.4 Å². The minimum Gasteiger partial charge on any atom is -0.497 e. The van der Waals surface area contributed by atoms with Gasteiger partial charge < -0.3 is 9.47 Å². The molecule has 0 fully saturated rings. The molecule has 1 heterocycles. The Hall–Kier alpha value is -3.07. The summed E-state index contributed by atoms with van der Waals surface area (Å²) in [5.74, 6) is 2.67. The van der Waals surface area contributed by atoms with E-state index >= 15 is 0 Å². The summed E-state index contributed by atoms with van der Waals surface area (Å²) < 4.78 is 11.5. The van der Waals surface area contributed by atoms with Crippen LogP contribution in [-0.2, 0) is 6.42 Å². The van der Waals surface area contributed by atoms with Crippen molar-refractivity contribution in [3.05, 3.63) is 95.1 Å². The van der Waals surface area contributed by atoms with Crippen molar-refractivity contribution in [3.63, 3.8) is 0 Å². The van der Waals surface area contributed by atoms with E-state index in [1.807, 2.05) is 0 Å². The Morgan fingerprint density at radius 2 is 1.69 bits per heavy atom. The summed E-state index contributed by atoms with van der Waals surface area (Å²) in [6.07, 6.45) is 5.48. The molecule has 3 aromatic rings. The molecule has 0 unspecified atom stereocenters. The van der Waals surface area contributed by atoms with E-state index in [0.717, 1.165) is 43.7 Å². The molecule has 0 spiro atoms. The normalized spacial score (nSPS) is 19.8. The first-order valence-corrected chi connectivity index (χ1v) is 11.8. The maximum absolute atomic E-state index is 6.02. The third-order valence-electron chi connectivity index (χ3n) is 6.90. The number of aryl methyl sites for hydroxylation is 1. The van der Waals surface area contributed by atoms with Crippen LogP contribution in [0.5, 0.6) is 11.5 Å². The third kappa shape index (κ3) is 4.43. The molecule has 3 aromatic carbocycles. The first-order valence-electron chi connectivity index (χ1n) is 11.8. The molecule has 2 aliphatic rings. The maximum atomic E-state index is 6.02. The first kappa shape index (κ1) is 20.8. The van der Waals surface area contributed by atoms with Crippen molar-refractivity contribution in [3.8, 4) is 11.5 Å². The van der Waals surface area contributed by atoms with Crippen LogP contribution in [0.1, 0.15) is 59.8 Å². The van der Waals surface area contributed by atoms with Gasteiger partial charge in [0.25, 0.3) is 0 Å². The van der Waals surface area contributed by atoms with Crippen LogP contribution < -0.4 is 9.47 Å². The van der Waals surface area contributed by atoms with E-state index in [2.05, 4.69) is 77.8 Å². The van der Waals surface area contributed by atoms with Crippen molar-refractivity contribution in [2.45, 2.75) is 43.9 Å². The number of benzene rings is 3. The van der Waals surface area contributed by atoms with Gasteiger partial charge >= 0.3 is 0 Å². The lowest BCUT2D eigenvalue weighted by molar-refractivity contribution is 0.328. The van der Waals surface area contributed by atoms with E-state index in [-0.39, 0.29) is 0 Å². The molecule has 0 N–H and O–H groups in total. The highest BCUT2D eigenvalue weighted by Gasteiger charge is 2.32. The number of fused-ring (bicyclic) bond motifs is 1. The van der Waals surface area contributed by atoms with Gasteiger partial charge in [0.15, 0.2) is 0 Å². The van der Waals surface area contributed by atoms with Crippen LogP contribution in [0.4, 0.5) is 0 Å². The quantitative estimate of drug-likeness (QED) is 0.429. The van der Waals surface area contributed by atoms with Crippen LogP contribution in [0.2, 0.25) is 0 Å². The summed E-state index contributed by atoms with van der Waals surface area (Å²) in [7, 11) is 1.74. The van der Waals surface area contributed by atoms with Gasteiger partial charge in [0, 0.05) is 24.6 Å². The van der Waals surface area contributed by atoms with Gasteiger partial charge in [-0.1, -0.05) is 48.5 Å². The number of hydrogen-bond acceptors (Lipinski definition) is 3. The topological polar surface area (TPSA) is 30.8 Å². The second-order valence-corrected chi connectivity index (χ2v) is 8.82. The van der Waals surface area contributed by atoms with Crippen LogP contribution in [0.15, 0.2) is 77.8 Å². The van der Waals surface area contributed by atoms with Crippen LogP contribution in [0, 0.1) is 0 Å². The number of aliphatic imine (C=N–C) groups is 1. The third-order valence-corrected chi connectivity index (χ3v) is 6.90. The lowest BCUT2D eigenvalue weighted by Gasteiger charge is -2.35. The second kappa shape index (κ2) is 9.60. The Balaban J connectivity index is 1.40. The molecular weight excluding hydrogens is 394 g/mol. The Bertz CT molecular complexity index is 1070.